The topological polar surface area (TPSA) is 114 Å². The number of aromatic amines is 1. The molecular weight excluding hydrogens is 419 g/mol. The first-order valence-electron chi connectivity index (χ1n) is 10.1. The number of methoxy groups -OCH3 is 1. The van der Waals surface area contributed by atoms with Crippen LogP contribution in [0.1, 0.15) is 11.4 Å². The maximum absolute atomic E-state index is 13.8. The van der Waals surface area contributed by atoms with Gasteiger partial charge in [-0.2, -0.15) is 0 Å². The standard InChI is InChI=1S/C25H19FN6O/c1-33-17-10-15(12-29-13-17)20-6-5-19(27)25(32-20)23(28)22-11-18-21(31-22)7-8-30-24(18)14-3-2-4-16(26)9-14/h2-13,28,31H,27H2,1H3. The van der Waals surface area contributed by atoms with Crippen molar-refractivity contribution in [2.75, 3.05) is 12.8 Å². The Morgan fingerprint density at radius 2 is 1.94 bits per heavy atom. The van der Waals surface area contributed by atoms with Crippen molar-refractivity contribution in [1.82, 2.24) is 19.9 Å². The molecule has 1 aromatic carbocycles. The molecule has 4 N–H and O–H groups in total. The quantitative estimate of drug-likeness (QED) is 0.340. The third-order valence-corrected chi connectivity index (χ3v) is 5.32. The van der Waals surface area contributed by atoms with E-state index in [9.17, 15) is 4.39 Å². The number of nitrogens with one attached hydrogen (secondary N) is 2. The van der Waals surface area contributed by atoms with Crippen LogP contribution in [0, 0.1) is 11.2 Å². The predicted molar refractivity (Wildman–Crippen MR) is 126 cm³/mol. The molecule has 0 atom stereocenters. The third kappa shape index (κ3) is 3.78. The first-order valence-corrected chi connectivity index (χ1v) is 10.1. The number of nitrogen functional groups attached to an aromatic ring is 1. The number of hydrogen-bond donors (Lipinski definition) is 3. The average Bonchev–Trinajstić information content (AvgIpc) is 3.28. The molecule has 0 aliphatic heterocycles. The van der Waals surface area contributed by atoms with Crippen molar-refractivity contribution in [2.45, 2.75) is 0 Å². The van der Waals surface area contributed by atoms with E-state index in [2.05, 4.69) is 19.9 Å². The molecule has 5 rings (SSSR count). The van der Waals surface area contributed by atoms with Crippen molar-refractivity contribution >= 4 is 22.3 Å². The molecule has 0 saturated carbocycles. The van der Waals surface area contributed by atoms with Crippen molar-refractivity contribution in [2.24, 2.45) is 0 Å². The van der Waals surface area contributed by atoms with Crippen molar-refractivity contribution in [3.8, 4) is 28.3 Å². The van der Waals surface area contributed by atoms with E-state index >= 15 is 0 Å². The SMILES string of the molecule is COc1cncc(-c2ccc(N)c(C(=N)c3cc4c(-c5cccc(F)c5)nccc4[nH]3)n2)c1. The van der Waals surface area contributed by atoms with Gasteiger partial charge in [0.2, 0.25) is 0 Å². The number of aromatic nitrogens is 4. The van der Waals surface area contributed by atoms with Gasteiger partial charge >= 0.3 is 0 Å². The Morgan fingerprint density at radius 1 is 1.06 bits per heavy atom. The van der Waals surface area contributed by atoms with Crippen LogP contribution in [0.15, 0.2) is 73.2 Å². The fourth-order valence-electron chi connectivity index (χ4n) is 3.68. The Labute approximate surface area is 188 Å². The van der Waals surface area contributed by atoms with E-state index in [1.165, 1.54) is 12.1 Å². The Bertz CT molecular complexity index is 1510. The van der Waals surface area contributed by atoms with Gasteiger partial charge in [-0.05, 0) is 42.5 Å². The highest BCUT2D eigenvalue weighted by atomic mass is 19.1. The van der Waals surface area contributed by atoms with Crippen molar-refractivity contribution in [3.63, 3.8) is 0 Å². The molecule has 7 nitrogen and oxygen atoms in total. The number of nitrogens with zero attached hydrogens (tertiary/aromatic N) is 3. The summed E-state index contributed by atoms with van der Waals surface area (Å²) in [6.45, 7) is 0. The Hall–Kier alpha value is -4.59. The summed E-state index contributed by atoms with van der Waals surface area (Å²) in [7, 11) is 1.57. The molecule has 162 valence electrons. The molecule has 0 aliphatic rings. The maximum atomic E-state index is 13.8. The summed E-state index contributed by atoms with van der Waals surface area (Å²) < 4.78 is 19.0. The second-order valence-electron chi connectivity index (χ2n) is 7.44. The summed E-state index contributed by atoms with van der Waals surface area (Å²) in [5.41, 5.74) is 11.0. The van der Waals surface area contributed by atoms with Gasteiger partial charge in [-0.3, -0.25) is 15.4 Å². The number of benzene rings is 1. The minimum atomic E-state index is -0.337. The number of nitrogens with two attached hydrogens (primary N) is 1. The Balaban J connectivity index is 1.57. The summed E-state index contributed by atoms with van der Waals surface area (Å²) in [4.78, 5) is 16.5. The molecule has 0 saturated heterocycles. The molecule has 0 bridgehead atoms. The first kappa shape index (κ1) is 20.3. The largest absolute Gasteiger partial charge is 0.495 e. The van der Waals surface area contributed by atoms with E-state index in [1.807, 2.05) is 18.2 Å². The van der Waals surface area contributed by atoms with E-state index < -0.39 is 0 Å². The molecule has 0 radical (unpaired) electrons. The van der Waals surface area contributed by atoms with E-state index in [0.717, 1.165) is 16.5 Å². The zero-order valence-corrected chi connectivity index (χ0v) is 17.6. The lowest BCUT2D eigenvalue weighted by Crippen LogP contribution is -2.09. The fraction of sp³-hybridized carbons (Fsp3) is 0.0400. The van der Waals surface area contributed by atoms with Crippen LogP contribution in [0.5, 0.6) is 5.75 Å². The number of rotatable bonds is 5. The minimum Gasteiger partial charge on any atom is -0.495 e. The molecule has 0 aliphatic carbocycles. The molecule has 0 amide bonds. The van der Waals surface area contributed by atoms with Crippen molar-refractivity contribution in [3.05, 3.63) is 90.4 Å². The van der Waals surface area contributed by atoms with Crippen LogP contribution in [-0.4, -0.2) is 32.8 Å². The number of halogens is 1. The first-order chi connectivity index (χ1) is 16.0. The van der Waals surface area contributed by atoms with Crippen LogP contribution >= 0.6 is 0 Å². The Kier molecular flexibility index (Phi) is 5.02. The van der Waals surface area contributed by atoms with Gasteiger partial charge in [0.25, 0.3) is 0 Å². The maximum Gasteiger partial charge on any atom is 0.137 e. The lowest BCUT2D eigenvalue weighted by atomic mass is 10.1. The highest BCUT2D eigenvalue weighted by molar-refractivity contribution is 6.14. The molecule has 0 fully saturated rings. The summed E-state index contributed by atoms with van der Waals surface area (Å²) in [5, 5.41) is 9.57. The predicted octanol–water partition coefficient (Wildman–Crippen LogP) is 4.83. The van der Waals surface area contributed by atoms with Gasteiger partial charge in [-0.25, -0.2) is 9.37 Å². The number of pyridine rings is 3. The van der Waals surface area contributed by atoms with Gasteiger partial charge < -0.3 is 15.5 Å². The highest BCUT2D eigenvalue weighted by Gasteiger charge is 2.17. The van der Waals surface area contributed by atoms with Gasteiger partial charge in [0.1, 0.15) is 23.0 Å². The normalized spacial score (nSPS) is 11.0. The zero-order valence-electron chi connectivity index (χ0n) is 17.6. The zero-order chi connectivity index (χ0) is 22.9. The summed E-state index contributed by atoms with van der Waals surface area (Å²) >= 11 is 0. The fourth-order valence-corrected chi connectivity index (χ4v) is 3.68. The number of fused-ring (bicyclic) bond motifs is 1. The second kappa shape index (κ2) is 8.16. The molecule has 4 aromatic heterocycles. The van der Waals surface area contributed by atoms with Gasteiger partial charge in [0.15, 0.2) is 0 Å². The van der Waals surface area contributed by atoms with Crippen molar-refractivity contribution < 1.29 is 9.13 Å². The minimum absolute atomic E-state index is 0.131. The van der Waals surface area contributed by atoms with E-state index in [-0.39, 0.29) is 11.5 Å². The summed E-state index contributed by atoms with van der Waals surface area (Å²) in [5.74, 6) is 0.270. The van der Waals surface area contributed by atoms with E-state index in [4.69, 9.17) is 15.9 Å². The third-order valence-electron chi connectivity index (χ3n) is 5.32. The van der Waals surface area contributed by atoms with Gasteiger partial charge in [-0.15, -0.1) is 0 Å². The van der Waals surface area contributed by atoms with Gasteiger partial charge in [-0.1, -0.05) is 12.1 Å². The van der Waals surface area contributed by atoms with Crippen molar-refractivity contribution in [1.29, 1.82) is 5.41 Å². The smallest absolute Gasteiger partial charge is 0.137 e. The van der Waals surface area contributed by atoms with Crippen LogP contribution in [0.25, 0.3) is 33.4 Å². The lowest BCUT2D eigenvalue weighted by molar-refractivity contribution is 0.413. The number of H-pyrrole nitrogens is 1. The van der Waals surface area contributed by atoms with Gasteiger partial charge in [0, 0.05) is 34.4 Å². The van der Waals surface area contributed by atoms with E-state index in [1.54, 1.807) is 50.0 Å². The Morgan fingerprint density at radius 3 is 2.76 bits per heavy atom. The molecule has 8 heteroatoms. The number of anilines is 1. The number of hydrogen-bond acceptors (Lipinski definition) is 6. The second-order valence-corrected chi connectivity index (χ2v) is 7.44. The molecule has 0 spiro atoms. The van der Waals surface area contributed by atoms with Gasteiger partial charge in [0.05, 0.1) is 36.1 Å². The van der Waals surface area contributed by atoms with Crippen LogP contribution in [0.4, 0.5) is 10.1 Å². The summed E-state index contributed by atoms with van der Waals surface area (Å²) in [6.07, 6.45) is 4.93. The molecule has 0 unspecified atom stereocenters. The molecular formula is C25H19FN6O. The summed E-state index contributed by atoms with van der Waals surface area (Å²) in [6, 6.07) is 15.2. The molecule has 5 aromatic rings. The lowest BCUT2D eigenvalue weighted by Gasteiger charge is -2.09. The van der Waals surface area contributed by atoms with Crippen LogP contribution in [0.2, 0.25) is 0 Å². The number of ether oxygens (including phenoxy) is 1. The monoisotopic (exact) mass is 438 g/mol. The molecule has 33 heavy (non-hydrogen) atoms. The van der Waals surface area contributed by atoms with Crippen LogP contribution in [0.3, 0.4) is 0 Å². The van der Waals surface area contributed by atoms with Crippen LogP contribution < -0.4 is 10.5 Å². The molecule has 4 heterocycles. The highest BCUT2D eigenvalue weighted by Crippen LogP contribution is 2.29. The average molecular weight is 438 g/mol. The van der Waals surface area contributed by atoms with E-state index in [0.29, 0.717) is 39.8 Å². The van der Waals surface area contributed by atoms with Crippen LogP contribution in [-0.2, 0) is 0 Å².